The number of rotatable bonds is 7. The van der Waals surface area contributed by atoms with Crippen LogP contribution in [-0.2, 0) is 11.8 Å². The molecular weight excluding hydrogens is 394 g/mol. The van der Waals surface area contributed by atoms with Crippen LogP contribution < -0.4 is 16.2 Å². The van der Waals surface area contributed by atoms with E-state index >= 15 is 0 Å². The van der Waals surface area contributed by atoms with Crippen LogP contribution in [0.25, 0.3) is 22.2 Å². The lowest BCUT2D eigenvalue weighted by Crippen LogP contribution is -2.39. The number of aromatic nitrogens is 4. The van der Waals surface area contributed by atoms with Crippen LogP contribution in [0.4, 0.5) is 11.6 Å². The van der Waals surface area contributed by atoms with Gasteiger partial charge < -0.3 is 19.9 Å². The average molecular weight is 422 g/mol. The Morgan fingerprint density at radius 3 is 2.77 bits per heavy atom. The smallest absolute Gasteiger partial charge is 0.264 e. The molecule has 2 fully saturated rings. The van der Waals surface area contributed by atoms with E-state index in [1.165, 1.54) is 4.57 Å². The third-order valence-electron chi connectivity index (χ3n) is 5.72. The zero-order chi connectivity index (χ0) is 21.2. The number of nitrogens with zero attached hydrogens (tertiary/aromatic N) is 5. The van der Waals surface area contributed by atoms with Gasteiger partial charge in [-0.25, -0.2) is 15.0 Å². The summed E-state index contributed by atoms with van der Waals surface area (Å²) in [4.78, 5) is 28.8. The molecule has 0 radical (unpaired) electrons. The van der Waals surface area contributed by atoms with E-state index in [4.69, 9.17) is 9.72 Å². The summed E-state index contributed by atoms with van der Waals surface area (Å²) in [6.07, 6.45) is 5.56. The van der Waals surface area contributed by atoms with Crippen LogP contribution >= 0.6 is 0 Å². The first kappa shape index (κ1) is 19.9. The Kier molecular flexibility index (Phi) is 5.52. The SMILES string of the molecule is Cn1cnc2cc(-c3ccc(NCCN4CCOCC4)nc3)nc(NC3CC3)c2c1=O. The lowest BCUT2D eigenvalue weighted by Gasteiger charge is -2.26. The highest BCUT2D eigenvalue weighted by Gasteiger charge is 2.24. The Morgan fingerprint density at radius 1 is 1.19 bits per heavy atom. The first-order valence-electron chi connectivity index (χ1n) is 10.8. The monoisotopic (exact) mass is 421 g/mol. The molecular formula is C22H27N7O2. The summed E-state index contributed by atoms with van der Waals surface area (Å²) in [5.41, 5.74) is 2.19. The topological polar surface area (TPSA) is 97.2 Å². The van der Waals surface area contributed by atoms with Gasteiger partial charge in [0.15, 0.2) is 0 Å². The van der Waals surface area contributed by atoms with Gasteiger partial charge in [0.2, 0.25) is 0 Å². The van der Waals surface area contributed by atoms with Crippen molar-refractivity contribution in [2.45, 2.75) is 18.9 Å². The molecule has 162 valence electrons. The number of ether oxygens (including phenoxy) is 1. The van der Waals surface area contributed by atoms with Crippen molar-refractivity contribution in [3.05, 3.63) is 41.1 Å². The number of anilines is 2. The van der Waals surface area contributed by atoms with Crippen LogP contribution in [0.3, 0.4) is 0 Å². The Morgan fingerprint density at radius 2 is 2.03 bits per heavy atom. The van der Waals surface area contributed by atoms with Crippen molar-refractivity contribution in [3.8, 4) is 11.3 Å². The predicted octanol–water partition coefficient (Wildman–Crippen LogP) is 1.71. The normalized spacial score (nSPS) is 17.1. The van der Waals surface area contributed by atoms with Gasteiger partial charge in [0.1, 0.15) is 17.0 Å². The Labute approximate surface area is 180 Å². The minimum atomic E-state index is -0.0925. The van der Waals surface area contributed by atoms with E-state index in [2.05, 4.69) is 25.5 Å². The summed E-state index contributed by atoms with van der Waals surface area (Å²) in [5.74, 6) is 1.44. The van der Waals surface area contributed by atoms with Crippen molar-refractivity contribution in [2.24, 2.45) is 7.05 Å². The molecule has 31 heavy (non-hydrogen) atoms. The number of fused-ring (bicyclic) bond motifs is 1. The second-order valence-electron chi connectivity index (χ2n) is 8.14. The van der Waals surface area contributed by atoms with E-state index in [0.717, 1.165) is 69.3 Å². The van der Waals surface area contributed by atoms with Gasteiger partial charge in [-0.2, -0.15) is 0 Å². The molecule has 2 N–H and O–H groups in total. The highest BCUT2D eigenvalue weighted by molar-refractivity contribution is 5.91. The highest BCUT2D eigenvalue weighted by Crippen LogP contribution is 2.29. The van der Waals surface area contributed by atoms with E-state index in [1.54, 1.807) is 13.4 Å². The number of morpholine rings is 1. The molecule has 0 atom stereocenters. The maximum absolute atomic E-state index is 12.7. The third-order valence-corrected chi connectivity index (χ3v) is 5.72. The van der Waals surface area contributed by atoms with Crippen LogP contribution in [0.15, 0.2) is 35.5 Å². The summed E-state index contributed by atoms with van der Waals surface area (Å²) in [7, 11) is 1.71. The van der Waals surface area contributed by atoms with Gasteiger partial charge >= 0.3 is 0 Å². The molecule has 0 bridgehead atoms. The molecule has 3 aromatic rings. The molecule has 1 aliphatic heterocycles. The fourth-order valence-corrected chi connectivity index (χ4v) is 3.71. The molecule has 3 aromatic heterocycles. The van der Waals surface area contributed by atoms with E-state index in [9.17, 15) is 4.79 Å². The fourth-order valence-electron chi connectivity index (χ4n) is 3.71. The molecule has 0 unspecified atom stereocenters. The first-order valence-corrected chi connectivity index (χ1v) is 10.8. The summed E-state index contributed by atoms with van der Waals surface area (Å²) in [6, 6.07) is 6.20. The molecule has 1 aliphatic carbocycles. The molecule has 2 aliphatic rings. The van der Waals surface area contributed by atoms with Crippen LogP contribution in [0.2, 0.25) is 0 Å². The second-order valence-corrected chi connectivity index (χ2v) is 8.14. The van der Waals surface area contributed by atoms with Crippen molar-refractivity contribution in [1.29, 1.82) is 0 Å². The third kappa shape index (κ3) is 4.52. The van der Waals surface area contributed by atoms with E-state index in [0.29, 0.717) is 22.8 Å². The summed E-state index contributed by atoms with van der Waals surface area (Å²) in [6.45, 7) is 5.39. The molecule has 5 rings (SSSR count). The van der Waals surface area contributed by atoms with Gasteiger partial charge in [-0.3, -0.25) is 9.69 Å². The van der Waals surface area contributed by atoms with Crippen molar-refractivity contribution >= 4 is 22.5 Å². The molecule has 0 spiro atoms. The largest absolute Gasteiger partial charge is 0.379 e. The number of hydrogen-bond acceptors (Lipinski definition) is 8. The molecule has 9 heteroatoms. The highest BCUT2D eigenvalue weighted by atomic mass is 16.5. The number of pyridine rings is 2. The van der Waals surface area contributed by atoms with Gasteiger partial charge in [-0.05, 0) is 31.0 Å². The van der Waals surface area contributed by atoms with E-state index in [1.807, 2.05) is 24.4 Å². The average Bonchev–Trinajstić information content (AvgIpc) is 3.61. The lowest BCUT2D eigenvalue weighted by atomic mass is 10.1. The van der Waals surface area contributed by atoms with Gasteiger partial charge in [0.05, 0.1) is 30.8 Å². The summed E-state index contributed by atoms with van der Waals surface area (Å²) < 4.78 is 6.87. The van der Waals surface area contributed by atoms with Crippen LogP contribution in [0, 0.1) is 0 Å². The van der Waals surface area contributed by atoms with Gasteiger partial charge in [0, 0.05) is 51.0 Å². The second kappa shape index (κ2) is 8.60. The lowest BCUT2D eigenvalue weighted by molar-refractivity contribution is 0.0398. The molecule has 1 saturated carbocycles. The quantitative estimate of drug-likeness (QED) is 0.595. The van der Waals surface area contributed by atoms with Crippen molar-refractivity contribution < 1.29 is 4.74 Å². The fraction of sp³-hybridized carbons (Fsp3) is 0.455. The standard InChI is InChI=1S/C22H27N7O2/c1-28-14-25-18-12-17(27-21(20(18)22(28)30)26-16-3-4-16)15-2-5-19(24-13-15)23-6-7-29-8-10-31-11-9-29/h2,5,12-14,16H,3-4,6-11H2,1H3,(H,23,24)(H,26,27). The maximum atomic E-state index is 12.7. The molecule has 1 saturated heterocycles. The molecule has 4 heterocycles. The molecule has 9 nitrogen and oxygen atoms in total. The predicted molar refractivity (Wildman–Crippen MR) is 120 cm³/mol. The van der Waals surface area contributed by atoms with Crippen LogP contribution in [-0.4, -0.2) is 69.9 Å². The van der Waals surface area contributed by atoms with E-state index in [-0.39, 0.29) is 5.56 Å². The Bertz CT molecular complexity index is 1120. The van der Waals surface area contributed by atoms with Crippen molar-refractivity contribution in [3.63, 3.8) is 0 Å². The number of aryl methyl sites for hydroxylation is 1. The number of hydrogen-bond donors (Lipinski definition) is 2. The first-order chi connectivity index (χ1) is 15.2. The van der Waals surface area contributed by atoms with Crippen molar-refractivity contribution in [1.82, 2.24) is 24.4 Å². The minimum absolute atomic E-state index is 0.0925. The molecule has 0 aromatic carbocycles. The Hall–Kier alpha value is -3.04. The zero-order valence-electron chi connectivity index (χ0n) is 17.7. The zero-order valence-corrected chi connectivity index (χ0v) is 17.7. The summed E-state index contributed by atoms with van der Waals surface area (Å²) >= 11 is 0. The van der Waals surface area contributed by atoms with Crippen molar-refractivity contribution in [2.75, 3.05) is 50.0 Å². The van der Waals surface area contributed by atoms with Gasteiger partial charge in [-0.1, -0.05) is 0 Å². The van der Waals surface area contributed by atoms with Gasteiger partial charge in [-0.15, -0.1) is 0 Å². The number of nitrogens with one attached hydrogen (secondary N) is 2. The van der Waals surface area contributed by atoms with Gasteiger partial charge in [0.25, 0.3) is 5.56 Å². The minimum Gasteiger partial charge on any atom is -0.379 e. The van der Waals surface area contributed by atoms with Crippen LogP contribution in [0.1, 0.15) is 12.8 Å². The summed E-state index contributed by atoms with van der Waals surface area (Å²) in [5, 5.41) is 7.31. The maximum Gasteiger partial charge on any atom is 0.264 e. The van der Waals surface area contributed by atoms with E-state index < -0.39 is 0 Å². The Balaban J connectivity index is 1.35. The van der Waals surface area contributed by atoms with Crippen LogP contribution in [0.5, 0.6) is 0 Å². The molecule has 0 amide bonds.